The number of likely N-dealkylation sites (tertiary alicyclic amines) is 1. The summed E-state index contributed by atoms with van der Waals surface area (Å²) in [6.45, 7) is 3.85. The minimum atomic E-state index is 0.879. The fraction of sp³-hybridized carbons (Fsp3) is 1.00. The molecule has 1 saturated heterocycles. The third kappa shape index (κ3) is 5.32. The van der Waals surface area contributed by atoms with Crippen molar-refractivity contribution in [3.05, 3.63) is 0 Å². The summed E-state index contributed by atoms with van der Waals surface area (Å²) >= 11 is 3.52. The lowest BCUT2D eigenvalue weighted by molar-refractivity contribution is 0.228. The molecule has 0 aromatic rings. The van der Waals surface area contributed by atoms with Gasteiger partial charge in [-0.1, -0.05) is 15.9 Å². The van der Waals surface area contributed by atoms with Crippen LogP contribution in [0.15, 0.2) is 0 Å². The number of halogens is 1. The Morgan fingerprint density at radius 1 is 1.33 bits per heavy atom. The Morgan fingerprint density at radius 3 is 2.80 bits per heavy atom. The summed E-state index contributed by atoms with van der Waals surface area (Å²) in [6, 6.07) is 0.879. The van der Waals surface area contributed by atoms with E-state index in [2.05, 4.69) is 39.8 Å². The molecule has 0 aliphatic carbocycles. The lowest BCUT2D eigenvalue weighted by Crippen LogP contribution is -2.32. The summed E-state index contributed by atoms with van der Waals surface area (Å²) in [6.07, 6.45) is 6.86. The van der Waals surface area contributed by atoms with E-state index in [1.54, 1.807) is 0 Å². The van der Waals surface area contributed by atoms with E-state index in [1.807, 2.05) is 0 Å². The van der Waals surface area contributed by atoms with Crippen molar-refractivity contribution in [3.8, 4) is 0 Å². The monoisotopic (exact) mass is 276 g/mol. The maximum absolute atomic E-state index is 3.52. The van der Waals surface area contributed by atoms with Crippen molar-refractivity contribution in [1.29, 1.82) is 0 Å². The van der Waals surface area contributed by atoms with Crippen LogP contribution in [0.3, 0.4) is 0 Å². The van der Waals surface area contributed by atoms with Gasteiger partial charge in [0.25, 0.3) is 0 Å². The topological polar surface area (TPSA) is 6.48 Å². The van der Waals surface area contributed by atoms with Gasteiger partial charge in [0.2, 0.25) is 0 Å². The molecule has 0 saturated carbocycles. The zero-order valence-corrected chi connectivity index (χ0v) is 11.8. The Hall–Kier alpha value is 0.400. The molecule has 90 valence electrons. The van der Waals surface area contributed by atoms with Gasteiger partial charge in [-0.05, 0) is 65.8 Å². The zero-order chi connectivity index (χ0) is 11.1. The third-order valence-electron chi connectivity index (χ3n) is 3.22. The first kappa shape index (κ1) is 13.5. The first-order valence-corrected chi connectivity index (χ1v) is 7.31. The lowest BCUT2D eigenvalue weighted by Gasteiger charge is -2.24. The van der Waals surface area contributed by atoms with Gasteiger partial charge in [0.05, 0.1) is 0 Å². The molecule has 1 aliphatic rings. The van der Waals surface area contributed by atoms with Gasteiger partial charge in [0, 0.05) is 11.4 Å². The summed E-state index contributed by atoms with van der Waals surface area (Å²) in [5.74, 6) is 0. The van der Waals surface area contributed by atoms with Crippen molar-refractivity contribution in [1.82, 2.24) is 9.80 Å². The van der Waals surface area contributed by atoms with E-state index in [4.69, 9.17) is 0 Å². The Kier molecular flexibility index (Phi) is 6.86. The smallest absolute Gasteiger partial charge is 0.00960 e. The molecule has 0 amide bonds. The highest BCUT2D eigenvalue weighted by molar-refractivity contribution is 9.09. The van der Waals surface area contributed by atoms with Crippen molar-refractivity contribution in [3.63, 3.8) is 0 Å². The van der Waals surface area contributed by atoms with E-state index in [1.165, 1.54) is 51.7 Å². The van der Waals surface area contributed by atoms with E-state index in [0.29, 0.717) is 0 Å². The maximum Gasteiger partial charge on any atom is 0.00960 e. The normalized spacial score (nSPS) is 22.8. The van der Waals surface area contributed by atoms with Crippen molar-refractivity contribution < 1.29 is 0 Å². The standard InChI is InChI=1S/C12H25BrN2/c1-14(2)9-5-11-15-10-4-7-12(15)6-3-8-13/h12H,3-11H2,1-2H3. The van der Waals surface area contributed by atoms with E-state index in [0.717, 1.165) is 11.4 Å². The molecule has 1 unspecified atom stereocenters. The zero-order valence-electron chi connectivity index (χ0n) is 10.2. The molecule has 0 bridgehead atoms. The largest absolute Gasteiger partial charge is 0.309 e. The van der Waals surface area contributed by atoms with Crippen molar-refractivity contribution >= 4 is 15.9 Å². The molecular formula is C12H25BrN2. The minimum absolute atomic E-state index is 0.879. The van der Waals surface area contributed by atoms with Crippen LogP contribution in [0.4, 0.5) is 0 Å². The molecule has 2 nitrogen and oxygen atoms in total. The van der Waals surface area contributed by atoms with Crippen LogP contribution >= 0.6 is 15.9 Å². The number of hydrogen-bond donors (Lipinski definition) is 0. The van der Waals surface area contributed by atoms with Crippen LogP contribution < -0.4 is 0 Å². The van der Waals surface area contributed by atoms with Gasteiger partial charge >= 0.3 is 0 Å². The van der Waals surface area contributed by atoms with E-state index in [9.17, 15) is 0 Å². The molecule has 0 N–H and O–H groups in total. The number of alkyl halides is 1. The molecule has 15 heavy (non-hydrogen) atoms. The SMILES string of the molecule is CN(C)CCCN1CCCC1CCCBr. The molecule has 1 rings (SSSR count). The van der Waals surface area contributed by atoms with Crippen LogP contribution in [0.25, 0.3) is 0 Å². The van der Waals surface area contributed by atoms with Gasteiger partial charge in [-0.15, -0.1) is 0 Å². The highest BCUT2D eigenvalue weighted by Gasteiger charge is 2.22. The van der Waals surface area contributed by atoms with Crippen LogP contribution in [-0.2, 0) is 0 Å². The second kappa shape index (κ2) is 7.64. The van der Waals surface area contributed by atoms with Gasteiger partial charge in [-0.25, -0.2) is 0 Å². The van der Waals surface area contributed by atoms with Crippen LogP contribution in [0, 0.1) is 0 Å². The molecule has 1 atom stereocenters. The Labute approximate surface area is 103 Å². The van der Waals surface area contributed by atoms with E-state index < -0.39 is 0 Å². The minimum Gasteiger partial charge on any atom is -0.309 e. The first-order chi connectivity index (χ1) is 7.24. The predicted octanol–water partition coefficient (Wildman–Crippen LogP) is 2.58. The molecule has 1 heterocycles. The van der Waals surface area contributed by atoms with Crippen molar-refractivity contribution in [2.75, 3.05) is 39.1 Å². The van der Waals surface area contributed by atoms with Gasteiger partial charge in [0.1, 0.15) is 0 Å². The van der Waals surface area contributed by atoms with Crippen LogP contribution in [0.1, 0.15) is 32.1 Å². The van der Waals surface area contributed by atoms with Crippen LogP contribution in [0.5, 0.6) is 0 Å². The molecule has 0 radical (unpaired) electrons. The lowest BCUT2D eigenvalue weighted by atomic mass is 10.1. The molecule has 3 heteroatoms. The summed E-state index contributed by atoms with van der Waals surface area (Å²) < 4.78 is 0. The Morgan fingerprint density at radius 2 is 2.13 bits per heavy atom. The first-order valence-electron chi connectivity index (χ1n) is 6.19. The van der Waals surface area contributed by atoms with E-state index >= 15 is 0 Å². The van der Waals surface area contributed by atoms with Crippen LogP contribution in [0.2, 0.25) is 0 Å². The molecule has 1 fully saturated rings. The second-order valence-electron chi connectivity index (χ2n) is 4.82. The number of nitrogens with zero attached hydrogens (tertiary/aromatic N) is 2. The Balaban J connectivity index is 2.15. The van der Waals surface area contributed by atoms with Crippen LogP contribution in [-0.4, -0.2) is 54.9 Å². The summed E-state index contributed by atoms with van der Waals surface area (Å²) in [7, 11) is 4.32. The van der Waals surface area contributed by atoms with Gasteiger partial charge < -0.3 is 9.80 Å². The molecule has 1 aliphatic heterocycles. The fourth-order valence-corrected chi connectivity index (χ4v) is 2.74. The van der Waals surface area contributed by atoms with E-state index in [-0.39, 0.29) is 0 Å². The summed E-state index contributed by atoms with van der Waals surface area (Å²) in [5, 5.41) is 1.16. The second-order valence-corrected chi connectivity index (χ2v) is 5.61. The highest BCUT2D eigenvalue weighted by atomic mass is 79.9. The van der Waals surface area contributed by atoms with Gasteiger partial charge in [-0.3, -0.25) is 0 Å². The molecular weight excluding hydrogens is 252 g/mol. The van der Waals surface area contributed by atoms with Gasteiger partial charge in [0.15, 0.2) is 0 Å². The maximum atomic E-state index is 3.52. The molecule has 0 spiro atoms. The number of hydrogen-bond acceptors (Lipinski definition) is 2. The van der Waals surface area contributed by atoms with Crippen molar-refractivity contribution in [2.45, 2.75) is 38.1 Å². The molecule has 0 aromatic carbocycles. The summed E-state index contributed by atoms with van der Waals surface area (Å²) in [4.78, 5) is 4.98. The highest BCUT2D eigenvalue weighted by Crippen LogP contribution is 2.21. The number of rotatable bonds is 7. The molecule has 0 aromatic heterocycles. The quantitative estimate of drug-likeness (QED) is 0.660. The van der Waals surface area contributed by atoms with Gasteiger partial charge in [-0.2, -0.15) is 0 Å². The third-order valence-corrected chi connectivity index (χ3v) is 3.78. The fourth-order valence-electron chi connectivity index (χ4n) is 2.42. The average Bonchev–Trinajstić information content (AvgIpc) is 2.62. The Bertz CT molecular complexity index is 162. The predicted molar refractivity (Wildman–Crippen MR) is 70.8 cm³/mol. The average molecular weight is 277 g/mol. The van der Waals surface area contributed by atoms with Crippen molar-refractivity contribution in [2.24, 2.45) is 0 Å². The summed E-state index contributed by atoms with van der Waals surface area (Å²) in [5.41, 5.74) is 0.